The Hall–Kier alpha value is -1.74. The molecule has 4 rings (SSSR count). The van der Waals surface area contributed by atoms with Crippen LogP contribution in [0.1, 0.15) is 22.3 Å². The summed E-state index contributed by atoms with van der Waals surface area (Å²) in [6.07, 6.45) is 0. The number of imidazole rings is 1. The van der Waals surface area contributed by atoms with Crippen molar-refractivity contribution in [3.63, 3.8) is 0 Å². The Morgan fingerprint density at radius 2 is 2.05 bits per heavy atom. The fourth-order valence-corrected chi connectivity index (χ4v) is 3.99. The van der Waals surface area contributed by atoms with E-state index >= 15 is 0 Å². The highest BCUT2D eigenvalue weighted by Crippen LogP contribution is 2.42. The van der Waals surface area contributed by atoms with Crippen LogP contribution in [0.15, 0.2) is 48.5 Å². The van der Waals surface area contributed by atoms with E-state index in [-0.39, 0.29) is 0 Å². The van der Waals surface area contributed by atoms with Gasteiger partial charge in [-0.05, 0) is 24.6 Å². The van der Waals surface area contributed by atoms with E-state index in [1.165, 1.54) is 22.5 Å². The van der Waals surface area contributed by atoms with Crippen LogP contribution in [0, 0.1) is 6.92 Å². The maximum Gasteiger partial charge on any atom is 0.121 e. The molecule has 0 spiro atoms. The van der Waals surface area contributed by atoms with Crippen molar-refractivity contribution in [1.29, 1.82) is 0 Å². The van der Waals surface area contributed by atoms with Gasteiger partial charge < -0.3 is 4.57 Å². The summed E-state index contributed by atoms with van der Waals surface area (Å²) in [4.78, 5) is 4.73. The van der Waals surface area contributed by atoms with Gasteiger partial charge in [-0.15, -0.1) is 11.8 Å². The van der Waals surface area contributed by atoms with Gasteiger partial charge in [0.15, 0.2) is 0 Å². The minimum Gasteiger partial charge on any atom is -0.310 e. The van der Waals surface area contributed by atoms with E-state index in [9.17, 15) is 0 Å². The first kappa shape index (κ1) is 11.1. The SMILES string of the molecule is Cc1cccc([C@@H]2SCc3nc4ccccc4n32)c1. The molecule has 0 radical (unpaired) electrons. The molecule has 0 aliphatic carbocycles. The van der Waals surface area contributed by atoms with E-state index < -0.39 is 0 Å². The van der Waals surface area contributed by atoms with Gasteiger partial charge in [-0.1, -0.05) is 42.0 Å². The van der Waals surface area contributed by atoms with Gasteiger partial charge in [-0.25, -0.2) is 4.98 Å². The van der Waals surface area contributed by atoms with Gasteiger partial charge in [-0.2, -0.15) is 0 Å². The van der Waals surface area contributed by atoms with Crippen LogP contribution in [0.3, 0.4) is 0 Å². The number of hydrogen-bond donors (Lipinski definition) is 0. The Labute approximate surface area is 116 Å². The van der Waals surface area contributed by atoms with Crippen LogP contribution in [-0.2, 0) is 5.75 Å². The fraction of sp³-hybridized carbons (Fsp3) is 0.188. The van der Waals surface area contributed by atoms with E-state index in [1.807, 2.05) is 11.8 Å². The van der Waals surface area contributed by atoms with E-state index in [0.29, 0.717) is 5.37 Å². The molecule has 0 N–H and O–H groups in total. The smallest absolute Gasteiger partial charge is 0.121 e. The second-order valence-corrected chi connectivity index (χ2v) is 6.03. The number of rotatable bonds is 1. The van der Waals surface area contributed by atoms with Crippen LogP contribution in [0.25, 0.3) is 11.0 Å². The number of hydrogen-bond acceptors (Lipinski definition) is 2. The van der Waals surface area contributed by atoms with Crippen LogP contribution in [-0.4, -0.2) is 9.55 Å². The molecule has 1 atom stereocenters. The summed E-state index contributed by atoms with van der Waals surface area (Å²) in [5, 5.41) is 0.363. The fourth-order valence-electron chi connectivity index (χ4n) is 2.75. The number of aryl methyl sites for hydroxylation is 1. The molecule has 0 saturated heterocycles. The summed E-state index contributed by atoms with van der Waals surface area (Å²) in [5.41, 5.74) is 5.03. The quantitative estimate of drug-likeness (QED) is 0.659. The van der Waals surface area contributed by atoms with Crippen LogP contribution < -0.4 is 0 Å². The van der Waals surface area contributed by atoms with Crippen molar-refractivity contribution < 1.29 is 0 Å². The Balaban J connectivity index is 1.91. The maximum absolute atomic E-state index is 4.73. The lowest BCUT2D eigenvalue weighted by Gasteiger charge is -2.14. The Kier molecular flexibility index (Phi) is 2.42. The second-order valence-electron chi connectivity index (χ2n) is 4.96. The third-order valence-electron chi connectivity index (χ3n) is 3.60. The normalized spacial score (nSPS) is 17.8. The first-order valence-electron chi connectivity index (χ1n) is 6.47. The molecule has 3 aromatic rings. The monoisotopic (exact) mass is 266 g/mol. The van der Waals surface area contributed by atoms with Gasteiger partial charge in [0, 0.05) is 0 Å². The Morgan fingerprint density at radius 1 is 1.16 bits per heavy atom. The van der Waals surface area contributed by atoms with E-state index in [2.05, 4.69) is 60.0 Å². The average molecular weight is 266 g/mol. The zero-order valence-corrected chi connectivity index (χ0v) is 11.5. The van der Waals surface area contributed by atoms with Crippen LogP contribution in [0.5, 0.6) is 0 Å². The number of para-hydroxylation sites is 2. The molecule has 2 aromatic carbocycles. The third-order valence-corrected chi connectivity index (χ3v) is 4.82. The predicted octanol–water partition coefficient (Wildman–Crippen LogP) is 4.14. The minimum absolute atomic E-state index is 0.363. The largest absolute Gasteiger partial charge is 0.310 e. The van der Waals surface area contributed by atoms with Crippen molar-refractivity contribution in [3.8, 4) is 0 Å². The second kappa shape index (κ2) is 4.14. The number of fused-ring (bicyclic) bond motifs is 3. The Morgan fingerprint density at radius 3 is 2.95 bits per heavy atom. The summed E-state index contributed by atoms with van der Waals surface area (Å²) in [6.45, 7) is 2.15. The molecule has 2 nitrogen and oxygen atoms in total. The maximum atomic E-state index is 4.73. The minimum atomic E-state index is 0.363. The van der Waals surface area contributed by atoms with Gasteiger partial charge in [0.1, 0.15) is 11.2 Å². The number of thioether (sulfide) groups is 1. The predicted molar refractivity (Wildman–Crippen MR) is 80.3 cm³/mol. The molecule has 0 unspecified atom stereocenters. The summed E-state index contributed by atoms with van der Waals surface area (Å²) >= 11 is 1.95. The molecule has 94 valence electrons. The zero-order chi connectivity index (χ0) is 12.8. The van der Waals surface area contributed by atoms with Crippen molar-refractivity contribution in [2.75, 3.05) is 0 Å². The highest BCUT2D eigenvalue weighted by molar-refractivity contribution is 7.99. The van der Waals surface area contributed by atoms with Crippen molar-refractivity contribution >= 4 is 22.8 Å². The Bertz CT molecular complexity index is 760. The molecule has 0 fully saturated rings. The van der Waals surface area contributed by atoms with Gasteiger partial charge in [0.25, 0.3) is 0 Å². The van der Waals surface area contributed by atoms with Crippen LogP contribution in [0.4, 0.5) is 0 Å². The number of aromatic nitrogens is 2. The molecule has 2 heterocycles. The summed E-state index contributed by atoms with van der Waals surface area (Å²) in [5.74, 6) is 2.19. The topological polar surface area (TPSA) is 17.8 Å². The third kappa shape index (κ3) is 1.69. The lowest BCUT2D eigenvalue weighted by molar-refractivity contribution is 0.793. The molecule has 0 saturated carbocycles. The van der Waals surface area contributed by atoms with Crippen molar-refractivity contribution in [3.05, 3.63) is 65.5 Å². The highest BCUT2D eigenvalue weighted by atomic mass is 32.2. The summed E-state index contributed by atoms with van der Waals surface area (Å²) in [6, 6.07) is 17.2. The van der Waals surface area contributed by atoms with E-state index in [4.69, 9.17) is 4.98 Å². The lowest BCUT2D eigenvalue weighted by atomic mass is 10.1. The van der Waals surface area contributed by atoms with Gasteiger partial charge >= 0.3 is 0 Å². The molecule has 1 aromatic heterocycles. The van der Waals surface area contributed by atoms with Crippen molar-refractivity contribution in [1.82, 2.24) is 9.55 Å². The molecule has 1 aliphatic heterocycles. The van der Waals surface area contributed by atoms with Crippen LogP contribution >= 0.6 is 11.8 Å². The molecule has 0 bridgehead atoms. The van der Waals surface area contributed by atoms with E-state index in [0.717, 1.165) is 11.3 Å². The molecule has 0 amide bonds. The lowest BCUT2D eigenvalue weighted by Crippen LogP contribution is -2.03. The molecule has 3 heteroatoms. The molecule has 19 heavy (non-hydrogen) atoms. The average Bonchev–Trinajstić information content (AvgIpc) is 2.97. The number of benzene rings is 2. The van der Waals surface area contributed by atoms with Gasteiger partial charge in [-0.3, -0.25) is 0 Å². The summed E-state index contributed by atoms with van der Waals surface area (Å²) < 4.78 is 2.38. The van der Waals surface area contributed by atoms with Gasteiger partial charge in [0.05, 0.1) is 16.8 Å². The standard InChI is InChI=1S/C16H14N2S/c1-11-5-4-6-12(9-11)16-18-14-8-3-2-7-13(14)17-15(18)10-19-16/h2-9,16H,10H2,1H3/t16-/m0/s1. The van der Waals surface area contributed by atoms with Gasteiger partial charge in [0.2, 0.25) is 0 Å². The molecular weight excluding hydrogens is 252 g/mol. The van der Waals surface area contributed by atoms with Crippen LogP contribution in [0.2, 0.25) is 0 Å². The summed E-state index contributed by atoms with van der Waals surface area (Å²) in [7, 11) is 0. The first-order valence-corrected chi connectivity index (χ1v) is 7.52. The van der Waals surface area contributed by atoms with E-state index in [1.54, 1.807) is 0 Å². The highest BCUT2D eigenvalue weighted by Gasteiger charge is 2.27. The molecule has 1 aliphatic rings. The van der Waals surface area contributed by atoms with Crippen molar-refractivity contribution in [2.45, 2.75) is 18.1 Å². The zero-order valence-electron chi connectivity index (χ0n) is 10.7. The number of nitrogens with zero attached hydrogens (tertiary/aromatic N) is 2. The first-order chi connectivity index (χ1) is 9.33. The van der Waals surface area contributed by atoms with Crippen molar-refractivity contribution in [2.24, 2.45) is 0 Å². The molecular formula is C16H14N2S.